The SMILES string of the molecule is CCCCCC[C@H]1O[C@H]1CCCC(C)=O. The molecule has 2 atom stereocenters. The van der Waals surface area contributed by atoms with E-state index in [9.17, 15) is 4.79 Å². The molecule has 15 heavy (non-hydrogen) atoms. The summed E-state index contributed by atoms with van der Waals surface area (Å²) in [7, 11) is 0. The third-order valence-electron chi connectivity index (χ3n) is 3.05. The molecule has 1 rings (SSSR count). The van der Waals surface area contributed by atoms with Gasteiger partial charge in [-0.15, -0.1) is 0 Å². The maximum atomic E-state index is 10.7. The van der Waals surface area contributed by atoms with Crippen molar-refractivity contribution in [1.29, 1.82) is 0 Å². The van der Waals surface area contributed by atoms with Gasteiger partial charge in [0, 0.05) is 6.42 Å². The molecule has 0 aromatic rings. The number of hydrogen-bond acceptors (Lipinski definition) is 2. The number of epoxide rings is 1. The van der Waals surface area contributed by atoms with Crippen LogP contribution in [0.4, 0.5) is 0 Å². The van der Waals surface area contributed by atoms with Crippen LogP contribution in [-0.2, 0) is 9.53 Å². The second-order valence-corrected chi connectivity index (χ2v) is 4.66. The van der Waals surface area contributed by atoms with E-state index in [0.717, 1.165) is 19.3 Å². The highest BCUT2D eigenvalue weighted by Gasteiger charge is 2.36. The first-order valence-corrected chi connectivity index (χ1v) is 6.39. The Hall–Kier alpha value is -0.370. The first-order valence-electron chi connectivity index (χ1n) is 6.39. The Labute approximate surface area is 93.4 Å². The van der Waals surface area contributed by atoms with Crippen molar-refractivity contribution in [3.63, 3.8) is 0 Å². The van der Waals surface area contributed by atoms with Gasteiger partial charge in [-0.25, -0.2) is 0 Å². The smallest absolute Gasteiger partial charge is 0.129 e. The highest BCUT2D eigenvalue weighted by molar-refractivity contribution is 5.75. The lowest BCUT2D eigenvalue weighted by molar-refractivity contribution is -0.117. The van der Waals surface area contributed by atoms with Crippen molar-refractivity contribution in [3.8, 4) is 0 Å². The quantitative estimate of drug-likeness (QED) is 0.432. The lowest BCUT2D eigenvalue weighted by atomic mass is 10.1. The Morgan fingerprint density at radius 2 is 1.73 bits per heavy atom. The van der Waals surface area contributed by atoms with Gasteiger partial charge < -0.3 is 9.53 Å². The van der Waals surface area contributed by atoms with Crippen LogP contribution in [0.15, 0.2) is 0 Å². The maximum absolute atomic E-state index is 10.7. The summed E-state index contributed by atoms with van der Waals surface area (Å²) in [4.78, 5) is 10.7. The molecule has 0 aliphatic carbocycles. The minimum absolute atomic E-state index is 0.301. The van der Waals surface area contributed by atoms with E-state index >= 15 is 0 Å². The van der Waals surface area contributed by atoms with Crippen LogP contribution in [0.2, 0.25) is 0 Å². The highest BCUT2D eigenvalue weighted by atomic mass is 16.6. The number of carbonyl (C=O) groups is 1. The lowest BCUT2D eigenvalue weighted by Gasteiger charge is -1.96. The summed E-state index contributed by atoms with van der Waals surface area (Å²) in [5.74, 6) is 0.301. The molecule has 0 aromatic heterocycles. The molecule has 1 aliphatic rings. The number of carbonyl (C=O) groups excluding carboxylic acids is 1. The fourth-order valence-corrected chi connectivity index (χ4v) is 2.01. The Kier molecular flexibility index (Phi) is 5.92. The van der Waals surface area contributed by atoms with Gasteiger partial charge in [0.05, 0.1) is 12.2 Å². The van der Waals surface area contributed by atoms with Crippen molar-refractivity contribution in [2.75, 3.05) is 0 Å². The molecule has 0 bridgehead atoms. The average molecular weight is 212 g/mol. The van der Waals surface area contributed by atoms with Gasteiger partial charge in [0.15, 0.2) is 0 Å². The molecule has 0 saturated carbocycles. The third-order valence-corrected chi connectivity index (χ3v) is 3.05. The van der Waals surface area contributed by atoms with Gasteiger partial charge in [-0.3, -0.25) is 0 Å². The minimum atomic E-state index is 0.301. The van der Waals surface area contributed by atoms with Crippen LogP contribution in [0.3, 0.4) is 0 Å². The fourth-order valence-electron chi connectivity index (χ4n) is 2.01. The molecule has 0 N–H and O–H groups in total. The molecule has 1 saturated heterocycles. The van der Waals surface area contributed by atoms with E-state index in [1.54, 1.807) is 6.92 Å². The normalized spacial score (nSPS) is 24.1. The molecule has 0 radical (unpaired) electrons. The zero-order chi connectivity index (χ0) is 11.1. The number of Topliss-reactive ketones (excluding diaryl/α,β-unsaturated/α-hetero) is 1. The van der Waals surface area contributed by atoms with Crippen molar-refractivity contribution in [2.24, 2.45) is 0 Å². The molecule has 2 heteroatoms. The zero-order valence-electron chi connectivity index (χ0n) is 10.1. The van der Waals surface area contributed by atoms with E-state index in [2.05, 4.69) is 6.92 Å². The largest absolute Gasteiger partial charge is 0.370 e. The lowest BCUT2D eigenvalue weighted by Crippen LogP contribution is -1.96. The first kappa shape index (κ1) is 12.7. The molecule has 0 spiro atoms. The van der Waals surface area contributed by atoms with E-state index in [1.165, 1.54) is 32.1 Å². The predicted molar refractivity (Wildman–Crippen MR) is 62.0 cm³/mol. The minimum Gasteiger partial charge on any atom is -0.370 e. The third kappa shape index (κ3) is 5.93. The number of rotatable bonds is 9. The molecule has 88 valence electrons. The Morgan fingerprint density at radius 1 is 1.07 bits per heavy atom. The van der Waals surface area contributed by atoms with Gasteiger partial charge in [-0.1, -0.05) is 32.6 Å². The summed E-state index contributed by atoms with van der Waals surface area (Å²) in [6.45, 7) is 3.90. The molecule has 0 unspecified atom stereocenters. The Bertz CT molecular complexity index is 189. The molecular formula is C13H24O2. The van der Waals surface area contributed by atoms with Crippen molar-refractivity contribution in [3.05, 3.63) is 0 Å². The van der Waals surface area contributed by atoms with E-state index in [1.807, 2.05) is 0 Å². The van der Waals surface area contributed by atoms with Gasteiger partial charge in [-0.2, -0.15) is 0 Å². The molecule has 2 nitrogen and oxygen atoms in total. The first-order chi connectivity index (χ1) is 7.24. The second-order valence-electron chi connectivity index (χ2n) is 4.66. The summed E-state index contributed by atoms with van der Waals surface area (Å²) in [5, 5.41) is 0. The van der Waals surface area contributed by atoms with Crippen LogP contribution in [0.25, 0.3) is 0 Å². The fraction of sp³-hybridized carbons (Fsp3) is 0.923. The second kappa shape index (κ2) is 7.00. The zero-order valence-corrected chi connectivity index (χ0v) is 10.1. The monoisotopic (exact) mass is 212 g/mol. The van der Waals surface area contributed by atoms with E-state index in [4.69, 9.17) is 4.74 Å². The average Bonchev–Trinajstić information content (AvgIpc) is 2.91. The van der Waals surface area contributed by atoms with Crippen LogP contribution < -0.4 is 0 Å². The van der Waals surface area contributed by atoms with Crippen LogP contribution in [0.1, 0.15) is 65.2 Å². The van der Waals surface area contributed by atoms with Gasteiger partial charge in [0.2, 0.25) is 0 Å². The van der Waals surface area contributed by atoms with Crippen molar-refractivity contribution in [1.82, 2.24) is 0 Å². The summed E-state index contributed by atoms with van der Waals surface area (Å²) in [6, 6.07) is 0. The maximum Gasteiger partial charge on any atom is 0.129 e. The Morgan fingerprint density at radius 3 is 2.33 bits per heavy atom. The summed E-state index contributed by atoms with van der Waals surface area (Å²) >= 11 is 0. The van der Waals surface area contributed by atoms with Crippen molar-refractivity contribution >= 4 is 5.78 Å². The van der Waals surface area contributed by atoms with E-state index in [-0.39, 0.29) is 0 Å². The van der Waals surface area contributed by atoms with Crippen LogP contribution >= 0.6 is 0 Å². The number of ketones is 1. The summed E-state index contributed by atoms with van der Waals surface area (Å²) in [6.07, 6.45) is 10.3. The molecule has 0 amide bonds. The number of ether oxygens (including phenoxy) is 1. The highest BCUT2D eigenvalue weighted by Crippen LogP contribution is 2.31. The summed E-state index contributed by atoms with van der Waals surface area (Å²) in [5.41, 5.74) is 0. The molecule has 1 aliphatic heterocycles. The van der Waals surface area contributed by atoms with Crippen LogP contribution in [-0.4, -0.2) is 18.0 Å². The topological polar surface area (TPSA) is 29.6 Å². The predicted octanol–water partition coefficient (Wildman–Crippen LogP) is 3.48. The van der Waals surface area contributed by atoms with E-state index in [0.29, 0.717) is 18.0 Å². The van der Waals surface area contributed by atoms with Gasteiger partial charge in [-0.05, 0) is 26.2 Å². The standard InChI is InChI=1S/C13H24O2/c1-3-4-5-6-9-12-13(15-12)10-7-8-11(2)14/h12-13H,3-10H2,1-2H3/t12-,13+/m1/s1. The molecule has 1 fully saturated rings. The number of hydrogen-bond donors (Lipinski definition) is 0. The molecule has 1 heterocycles. The summed E-state index contributed by atoms with van der Waals surface area (Å²) < 4.78 is 5.57. The van der Waals surface area contributed by atoms with Gasteiger partial charge >= 0.3 is 0 Å². The van der Waals surface area contributed by atoms with Crippen LogP contribution in [0, 0.1) is 0 Å². The van der Waals surface area contributed by atoms with Crippen molar-refractivity contribution in [2.45, 2.75) is 77.4 Å². The number of unbranched alkanes of at least 4 members (excludes halogenated alkanes) is 3. The van der Waals surface area contributed by atoms with Gasteiger partial charge in [0.1, 0.15) is 5.78 Å². The van der Waals surface area contributed by atoms with Crippen molar-refractivity contribution < 1.29 is 9.53 Å². The van der Waals surface area contributed by atoms with Crippen LogP contribution in [0.5, 0.6) is 0 Å². The Balaban J connectivity index is 1.87. The van der Waals surface area contributed by atoms with Gasteiger partial charge in [0.25, 0.3) is 0 Å². The van der Waals surface area contributed by atoms with E-state index < -0.39 is 0 Å². The molecule has 0 aromatic carbocycles. The molecular weight excluding hydrogens is 188 g/mol.